The first-order chi connectivity index (χ1) is 9.97. The number of nitrogens with zero attached hydrogens (tertiary/aromatic N) is 4. The van der Waals surface area contributed by atoms with Gasteiger partial charge in [-0.2, -0.15) is 4.68 Å². The van der Waals surface area contributed by atoms with Crippen LogP contribution in [0.15, 0.2) is 24.3 Å². The molecular weight excluding hydrogens is 264 g/mol. The van der Waals surface area contributed by atoms with Crippen LogP contribution in [0.5, 0.6) is 0 Å². The minimum absolute atomic E-state index is 0.0592. The van der Waals surface area contributed by atoms with Gasteiger partial charge in [-0.15, -0.1) is 5.10 Å². The normalized spacial score (nSPS) is 17.4. The smallest absolute Gasteiger partial charge is 0.323 e. The summed E-state index contributed by atoms with van der Waals surface area (Å²) in [6, 6.07) is 7.51. The minimum Gasteiger partial charge on any atom is -0.323 e. The number of fused-ring (bicyclic) bond motifs is 1. The molecule has 112 valence electrons. The van der Waals surface area contributed by atoms with E-state index in [1.807, 2.05) is 29.2 Å². The second-order valence-electron chi connectivity index (χ2n) is 6.90. The Morgan fingerprint density at radius 1 is 1.19 bits per heavy atom. The fourth-order valence-electron chi connectivity index (χ4n) is 3.08. The molecule has 0 unspecified atom stereocenters. The largest absolute Gasteiger partial charge is 0.346 e. The molecule has 1 aromatic carbocycles. The van der Waals surface area contributed by atoms with E-state index < -0.39 is 0 Å². The highest BCUT2D eigenvalue weighted by Gasteiger charge is 2.31. The molecule has 1 fully saturated rings. The van der Waals surface area contributed by atoms with Gasteiger partial charge in [-0.3, -0.25) is 0 Å². The number of benzene rings is 1. The Kier molecular flexibility index (Phi) is 3.43. The summed E-state index contributed by atoms with van der Waals surface area (Å²) < 4.78 is 1.42. The molecule has 1 aliphatic heterocycles. The van der Waals surface area contributed by atoms with Crippen LogP contribution in [0.2, 0.25) is 0 Å². The zero-order valence-corrected chi connectivity index (χ0v) is 12.9. The number of rotatable bonds is 0. The van der Waals surface area contributed by atoms with E-state index in [9.17, 15) is 4.79 Å². The number of para-hydroxylation sites is 1. The van der Waals surface area contributed by atoms with Crippen LogP contribution in [0.4, 0.5) is 4.79 Å². The molecule has 3 rings (SSSR count). The first kappa shape index (κ1) is 14.0. The number of likely N-dealkylation sites (tertiary alicyclic amines) is 1. The number of hydrogen-bond donors (Lipinski definition) is 0. The Morgan fingerprint density at radius 3 is 2.52 bits per heavy atom. The van der Waals surface area contributed by atoms with Crippen LogP contribution in [-0.2, 0) is 0 Å². The molecule has 5 heteroatoms. The van der Waals surface area contributed by atoms with Crippen LogP contribution in [0.1, 0.15) is 33.6 Å². The van der Waals surface area contributed by atoms with Gasteiger partial charge in [0.2, 0.25) is 0 Å². The topological polar surface area (TPSA) is 51.0 Å². The molecule has 2 heterocycles. The Morgan fingerprint density at radius 2 is 1.86 bits per heavy atom. The standard InChI is InChI=1S/C16H22N4O/c1-16(2,3)12-8-10-19(11-9-12)15(21)20-14-7-5-4-6-13(14)17-18-20/h4-7,12H,8-11H2,1-3H3. The molecular formula is C16H22N4O. The number of hydrogen-bond acceptors (Lipinski definition) is 3. The average molecular weight is 286 g/mol. The van der Waals surface area contributed by atoms with Crippen LogP contribution >= 0.6 is 0 Å². The highest BCUT2D eigenvalue weighted by molar-refractivity contribution is 5.87. The summed E-state index contributed by atoms with van der Waals surface area (Å²) in [5.41, 5.74) is 1.85. The van der Waals surface area contributed by atoms with Gasteiger partial charge in [0.15, 0.2) is 0 Å². The fraction of sp³-hybridized carbons (Fsp3) is 0.562. The lowest BCUT2D eigenvalue weighted by Crippen LogP contribution is -2.43. The Labute approximate surface area is 124 Å². The van der Waals surface area contributed by atoms with Gasteiger partial charge >= 0.3 is 6.03 Å². The van der Waals surface area contributed by atoms with Crippen molar-refractivity contribution >= 4 is 17.1 Å². The maximum absolute atomic E-state index is 12.6. The third-order valence-corrected chi connectivity index (χ3v) is 4.52. The lowest BCUT2D eigenvalue weighted by Gasteiger charge is -2.38. The van der Waals surface area contributed by atoms with Gasteiger partial charge in [0.25, 0.3) is 0 Å². The van der Waals surface area contributed by atoms with Gasteiger partial charge in [0, 0.05) is 13.1 Å². The van der Waals surface area contributed by atoms with Crippen molar-refractivity contribution in [1.82, 2.24) is 19.9 Å². The summed E-state index contributed by atoms with van der Waals surface area (Å²) >= 11 is 0. The lowest BCUT2D eigenvalue weighted by atomic mass is 9.75. The predicted octanol–water partition coefficient (Wildman–Crippen LogP) is 3.16. The van der Waals surface area contributed by atoms with E-state index in [2.05, 4.69) is 31.1 Å². The van der Waals surface area contributed by atoms with E-state index in [-0.39, 0.29) is 6.03 Å². The van der Waals surface area contributed by atoms with E-state index in [1.54, 1.807) is 0 Å². The summed E-state index contributed by atoms with van der Waals surface area (Å²) in [6.45, 7) is 8.43. The summed E-state index contributed by atoms with van der Waals surface area (Å²) in [6.07, 6.45) is 2.11. The molecule has 1 aromatic heterocycles. The molecule has 1 saturated heterocycles. The van der Waals surface area contributed by atoms with E-state index in [4.69, 9.17) is 0 Å². The molecule has 0 bridgehead atoms. The van der Waals surface area contributed by atoms with Crippen LogP contribution in [0, 0.1) is 11.3 Å². The number of aromatic nitrogens is 3. The number of carbonyl (C=O) groups excluding carboxylic acids is 1. The number of amides is 1. The van der Waals surface area contributed by atoms with Crippen molar-refractivity contribution in [3.8, 4) is 0 Å². The quantitative estimate of drug-likeness (QED) is 0.747. The van der Waals surface area contributed by atoms with E-state index in [0.717, 1.165) is 37.0 Å². The molecule has 1 aliphatic rings. The highest BCUT2D eigenvalue weighted by Crippen LogP contribution is 2.34. The first-order valence-corrected chi connectivity index (χ1v) is 7.56. The summed E-state index contributed by atoms with van der Waals surface area (Å²) in [7, 11) is 0. The molecule has 0 atom stereocenters. The molecule has 2 aromatic rings. The van der Waals surface area contributed by atoms with Crippen molar-refractivity contribution in [3.05, 3.63) is 24.3 Å². The Hall–Kier alpha value is -1.91. The van der Waals surface area contributed by atoms with Gasteiger partial charge < -0.3 is 4.90 Å². The van der Waals surface area contributed by atoms with Crippen molar-refractivity contribution in [3.63, 3.8) is 0 Å². The Bertz CT molecular complexity index is 648. The van der Waals surface area contributed by atoms with E-state index in [0.29, 0.717) is 11.3 Å². The fourth-order valence-corrected chi connectivity index (χ4v) is 3.08. The summed E-state index contributed by atoms with van der Waals surface area (Å²) in [5.74, 6) is 0.675. The third kappa shape index (κ3) is 2.64. The molecule has 0 N–H and O–H groups in total. The summed E-state index contributed by atoms with van der Waals surface area (Å²) in [4.78, 5) is 14.5. The van der Waals surface area contributed by atoms with Crippen molar-refractivity contribution in [1.29, 1.82) is 0 Å². The zero-order chi connectivity index (χ0) is 15.0. The lowest BCUT2D eigenvalue weighted by molar-refractivity contribution is 0.121. The second-order valence-corrected chi connectivity index (χ2v) is 6.90. The van der Waals surface area contributed by atoms with Crippen LogP contribution in [0.25, 0.3) is 11.0 Å². The van der Waals surface area contributed by atoms with Crippen molar-refractivity contribution in [2.24, 2.45) is 11.3 Å². The summed E-state index contributed by atoms with van der Waals surface area (Å²) in [5, 5.41) is 8.07. The number of carbonyl (C=O) groups is 1. The second kappa shape index (κ2) is 5.13. The molecule has 5 nitrogen and oxygen atoms in total. The molecule has 0 spiro atoms. The van der Waals surface area contributed by atoms with Gasteiger partial charge in [-0.1, -0.05) is 38.1 Å². The van der Waals surface area contributed by atoms with E-state index in [1.165, 1.54) is 4.68 Å². The van der Waals surface area contributed by atoms with Gasteiger partial charge in [-0.25, -0.2) is 4.79 Å². The Balaban J connectivity index is 1.75. The zero-order valence-electron chi connectivity index (χ0n) is 12.9. The van der Waals surface area contributed by atoms with Crippen LogP contribution in [0.3, 0.4) is 0 Å². The van der Waals surface area contributed by atoms with Crippen molar-refractivity contribution in [2.45, 2.75) is 33.6 Å². The minimum atomic E-state index is -0.0592. The number of piperidine rings is 1. The van der Waals surface area contributed by atoms with Crippen molar-refractivity contribution < 1.29 is 4.79 Å². The third-order valence-electron chi connectivity index (χ3n) is 4.52. The SMILES string of the molecule is CC(C)(C)C1CCN(C(=O)n2nnc3ccccc32)CC1. The predicted molar refractivity (Wildman–Crippen MR) is 82.1 cm³/mol. The first-order valence-electron chi connectivity index (χ1n) is 7.56. The van der Waals surface area contributed by atoms with E-state index >= 15 is 0 Å². The molecule has 0 radical (unpaired) electrons. The molecule has 21 heavy (non-hydrogen) atoms. The van der Waals surface area contributed by atoms with Crippen LogP contribution in [-0.4, -0.2) is 39.0 Å². The molecule has 0 saturated carbocycles. The molecule has 1 amide bonds. The monoisotopic (exact) mass is 286 g/mol. The van der Waals surface area contributed by atoms with Gasteiger partial charge in [-0.05, 0) is 36.3 Å². The molecule has 0 aliphatic carbocycles. The van der Waals surface area contributed by atoms with Gasteiger partial charge in [0.05, 0.1) is 5.52 Å². The van der Waals surface area contributed by atoms with Crippen LogP contribution < -0.4 is 0 Å². The van der Waals surface area contributed by atoms with Gasteiger partial charge in [0.1, 0.15) is 5.52 Å². The van der Waals surface area contributed by atoms with Crippen molar-refractivity contribution in [2.75, 3.05) is 13.1 Å². The average Bonchev–Trinajstić information content (AvgIpc) is 2.90. The highest BCUT2D eigenvalue weighted by atomic mass is 16.2. The maximum atomic E-state index is 12.6. The maximum Gasteiger partial charge on any atom is 0.346 e.